The van der Waals surface area contributed by atoms with Gasteiger partial charge in [-0.1, -0.05) is 30.3 Å². The Labute approximate surface area is 167 Å². The highest BCUT2D eigenvalue weighted by Gasteiger charge is 2.28. The van der Waals surface area contributed by atoms with Crippen molar-refractivity contribution < 1.29 is 14.3 Å². The topological polar surface area (TPSA) is 50.8 Å². The van der Waals surface area contributed by atoms with E-state index in [4.69, 9.17) is 9.47 Å². The van der Waals surface area contributed by atoms with E-state index in [2.05, 4.69) is 5.32 Å². The molecule has 5 nitrogen and oxygen atoms in total. The average molecular weight is 391 g/mol. The van der Waals surface area contributed by atoms with Gasteiger partial charge in [-0.15, -0.1) is 12.4 Å². The number of hydrogen-bond acceptors (Lipinski definition) is 4. The quantitative estimate of drug-likeness (QED) is 0.751. The highest BCUT2D eigenvalue weighted by Crippen LogP contribution is 2.20. The van der Waals surface area contributed by atoms with Crippen molar-refractivity contribution in [3.05, 3.63) is 60.2 Å². The number of nitrogens with zero attached hydrogens (tertiary/aromatic N) is 1. The predicted molar refractivity (Wildman–Crippen MR) is 109 cm³/mol. The number of halogens is 1. The lowest BCUT2D eigenvalue weighted by Gasteiger charge is -2.24. The van der Waals surface area contributed by atoms with Gasteiger partial charge in [0, 0.05) is 19.1 Å². The van der Waals surface area contributed by atoms with Gasteiger partial charge in [0.05, 0.1) is 0 Å². The van der Waals surface area contributed by atoms with E-state index in [1.54, 1.807) is 0 Å². The second-order valence-corrected chi connectivity index (χ2v) is 6.48. The summed E-state index contributed by atoms with van der Waals surface area (Å²) in [5, 5.41) is 3.15. The van der Waals surface area contributed by atoms with Crippen LogP contribution >= 0.6 is 12.4 Å². The van der Waals surface area contributed by atoms with Crippen LogP contribution in [-0.4, -0.2) is 43.6 Å². The van der Waals surface area contributed by atoms with Crippen molar-refractivity contribution in [3.63, 3.8) is 0 Å². The van der Waals surface area contributed by atoms with E-state index in [9.17, 15) is 4.79 Å². The van der Waals surface area contributed by atoms with Crippen molar-refractivity contribution in [2.24, 2.45) is 0 Å². The lowest BCUT2D eigenvalue weighted by Crippen LogP contribution is -2.43. The third-order valence-electron chi connectivity index (χ3n) is 4.57. The number of carbonyl (C=O) groups is 1. The van der Waals surface area contributed by atoms with E-state index in [-0.39, 0.29) is 31.0 Å². The van der Waals surface area contributed by atoms with E-state index >= 15 is 0 Å². The largest absolute Gasteiger partial charge is 0.489 e. The minimum atomic E-state index is 0. The van der Waals surface area contributed by atoms with Crippen LogP contribution < -0.4 is 14.8 Å². The molecule has 0 bridgehead atoms. The summed E-state index contributed by atoms with van der Waals surface area (Å²) in [5.41, 5.74) is 1.13. The molecule has 1 N–H and O–H groups in total. The highest BCUT2D eigenvalue weighted by atomic mass is 35.5. The van der Waals surface area contributed by atoms with Crippen LogP contribution in [0.2, 0.25) is 0 Å². The van der Waals surface area contributed by atoms with Gasteiger partial charge in [0.2, 0.25) is 0 Å². The lowest BCUT2D eigenvalue weighted by atomic mass is 10.2. The molecule has 2 aromatic rings. The molecule has 0 aromatic heterocycles. The second-order valence-electron chi connectivity index (χ2n) is 6.48. The van der Waals surface area contributed by atoms with Crippen molar-refractivity contribution in [2.75, 3.05) is 26.7 Å². The first-order valence-corrected chi connectivity index (χ1v) is 9.10. The maximum absolute atomic E-state index is 12.4. The molecule has 0 radical (unpaired) electrons. The van der Waals surface area contributed by atoms with Crippen molar-refractivity contribution in [2.45, 2.75) is 25.5 Å². The van der Waals surface area contributed by atoms with Gasteiger partial charge in [0.1, 0.15) is 18.1 Å². The summed E-state index contributed by atoms with van der Waals surface area (Å²) in [5.74, 6) is 1.50. The van der Waals surface area contributed by atoms with Gasteiger partial charge in [-0.25, -0.2) is 0 Å². The zero-order valence-corrected chi connectivity index (χ0v) is 16.4. The van der Waals surface area contributed by atoms with E-state index in [1.807, 2.05) is 66.5 Å². The molecule has 2 aromatic carbocycles. The number of carbonyl (C=O) groups excluding carboxylic acids is 1. The molecule has 1 atom stereocenters. The maximum Gasteiger partial charge on any atom is 0.260 e. The first-order chi connectivity index (χ1) is 12.8. The van der Waals surface area contributed by atoms with E-state index in [0.29, 0.717) is 12.4 Å². The Morgan fingerprint density at radius 2 is 1.74 bits per heavy atom. The van der Waals surface area contributed by atoms with E-state index in [0.717, 1.165) is 37.2 Å². The molecule has 146 valence electrons. The molecule has 1 saturated heterocycles. The summed E-state index contributed by atoms with van der Waals surface area (Å²) in [6, 6.07) is 17.7. The fourth-order valence-electron chi connectivity index (χ4n) is 3.21. The Hall–Kier alpha value is -2.24. The molecular formula is C21H27ClN2O3. The third kappa shape index (κ3) is 6.15. The summed E-state index contributed by atoms with van der Waals surface area (Å²) in [6.45, 7) is 2.26. The molecule has 27 heavy (non-hydrogen) atoms. The lowest BCUT2D eigenvalue weighted by molar-refractivity contribution is -0.134. The molecule has 1 aliphatic heterocycles. The van der Waals surface area contributed by atoms with Crippen molar-refractivity contribution in [1.29, 1.82) is 0 Å². The fraction of sp³-hybridized carbons (Fsp3) is 0.381. The van der Waals surface area contributed by atoms with Crippen molar-refractivity contribution >= 4 is 18.3 Å². The summed E-state index contributed by atoms with van der Waals surface area (Å²) >= 11 is 0. The summed E-state index contributed by atoms with van der Waals surface area (Å²) in [7, 11) is 1.92. The maximum atomic E-state index is 12.4. The zero-order valence-electron chi connectivity index (χ0n) is 15.6. The summed E-state index contributed by atoms with van der Waals surface area (Å²) < 4.78 is 11.4. The molecule has 1 amide bonds. The summed E-state index contributed by atoms with van der Waals surface area (Å²) in [6.07, 6.45) is 2.12. The van der Waals surface area contributed by atoms with Crippen LogP contribution in [0.15, 0.2) is 54.6 Å². The van der Waals surface area contributed by atoms with E-state index < -0.39 is 0 Å². The molecule has 0 aliphatic carbocycles. The van der Waals surface area contributed by atoms with Gasteiger partial charge in [0.15, 0.2) is 6.61 Å². The number of benzene rings is 2. The van der Waals surface area contributed by atoms with Crippen molar-refractivity contribution in [3.8, 4) is 11.5 Å². The Morgan fingerprint density at radius 3 is 2.41 bits per heavy atom. The smallest absolute Gasteiger partial charge is 0.260 e. The van der Waals surface area contributed by atoms with Gasteiger partial charge in [-0.2, -0.15) is 0 Å². The van der Waals surface area contributed by atoms with Crippen LogP contribution in [0.5, 0.6) is 11.5 Å². The molecule has 1 unspecified atom stereocenters. The van der Waals surface area contributed by atoms with Crippen LogP contribution in [0.1, 0.15) is 18.4 Å². The Kier molecular flexibility index (Phi) is 8.43. The molecule has 1 fully saturated rings. The standard InChI is InChI=1S/C21H26N2O3.ClH/c1-22-14-18-8-5-13-23(18)21(24)16-26-20-11-9-19(10-12-20)25-15-17-6-3-2-4-7-17;/h2-4,6-7,9-12,18,22H,5,8,13-16H2,1H3;1H. The number of rotatable bonds is 8. The first-order valence-electron chi connectivity index (χ1n) is 9.10. The minimum Gasteiger partial charge on any atom is -0.489 e. The van der Waals surface area contributed by atoms with E-state index in [1.165, 1.54) is 0 Å². The normalized spacial score (nSPS) is 15.9. The van der Waals surface area contributed by atoms with Gasteiger partial charge in [-0.3, -0.25) is 4.79 Å². The SMILES string of the molecule is CNCC1CCCN1C(=O)COc1ccc(OCc2ccccc2)cc1.Cl. The molecule has 1 aliphatic rings. The number of likely N-dealkylation sites (tertiary alicyclic amines) is 1. The van der Waals surface area contributed by atoms with Crippen LogP contribution in [0.4, 0.5) is 0 Å². The average Bonchev–Trinajstić information content (AvgIpc) is 3.15. The van der Waals surface area contributed by atoms with Gasteiger partial charge < -0.3 is 19.7 Å². The van der Waals surface area contributed by atoms with Gasteiger partial charge >= 0.3 is 0 Å². The molecule has 6 heteroatoms. The Balaban J connectivity index is 0.00000261. The van der Waals surface area contributed by atoms with Crippen LogP contribution in [0.3, 0.4) is 0 Å². The second kappa shape index (κ2) is 10.8. The predicted octanol–water partition coefficient (Wildman–Crippen LogP) is 3.28. The zero-order chi connectivity index (χ0) is 18.2. The van der Waals surface area contributed by atoms with Gasteiger partial charge in [-0.05, 0) is 49.7 Å². The first kappa shape index (κ1) is 21.1. The summed E-state index contributed by atoms with van der Waals surface area (Å²) in [4.78, 5) is 14.3. The highest BCUT2D eigenvalue weighted by molar-refractivity contribution is 5.85. The number of hydrogen-bond donors (Lipinski definition) is 1. The molecule has 3 rings (SSSR count). The molecule has 0 spiro atoms. The molecular weight excluding hydrogens is 364 g/mol. The minimum absolute atomic E-state index is 0. The van der Waals surface area contributed by atoms with Gasteiger partial charge in [0.25, 0.3) is 5.91 Å². The fourth-order valence-corrected chi connectivity index (χ4v) is 3.21. The van der Waals surface area contributed by atoms with Crippen LogP contribution in [0.25, 0.3) is 0 Å². The third-order valence-corrected chi connectivity index (χ3v) is 4.57. The monoisotopic (exact) mass is 390 g/mol. The number of likely N-dealkylation sites (N-methyl/N-ethyl adjacent to an activating group) is 1. The van der Waals surface area contributed by atoms with Crippen LogP contribution in [-0.2, 0) is 11.4 Å². The Morgan fingerprint density at radius 1 is 1.07 bits per heavy atom. The molecule has 0 saturated carbocycles. The molecule has 1 heterocycles. The number of nitrogens with one attached hydrogen (secondary N) is 1. The number of ether oxygens (including phenoxy) is 2. The van der Waals surface area contributed by atoms with Crippen LogP contribution in [0, 0.1) is 0 Å². The number of amides is 1. The van der Waals surface area contributed by atoms with Crippen molar-refractivity contribution in [1.82, 2.24) is 10.2 Å². The Bertz CT molecular complexity index is 694.